The lowest BCUT2D eigenvalue weighted by atomic mass is 10.3. The Hall–Kier alpha value is 0.234. The fraction of sp³-hybridized carbons (Fsp3) is 1.00. The zero-order chi connectivity index (χ0) is 17.6. The molecule has 0 radical (unpaired) electrons. The van der Waals surface area contributed by atoms with E-state index < -0.39 is 0 Å². The number of methoxy groups -OCH3 is 4. The highest BCUT2D eigenvalue weighted by molar-refractivity contribution is 6.39. The van der Waals surface area contributed by atoms with Gasteiger partial charge in [-0.05, 0) is 39.8 Å². The molecule has 0 spiro atoms. The lowest BCUT2D eigenvalue weighted by Crippen LogP contribution is -2.36. The van der Waals surface area contributed by atoms with Gasteiger partial charge in [-0.3, -0.25) is 0 Å². The van der Waals surface area contributed by atoms with Crippen LogP contribution in [0.15, 0.2) is 0 Å². The van der Waals surface area contributed by atoms with E-state index in [1.807, 2.05) is 0 Å². The Balaban J connectivity index is 3.38. The summed E-state index contributed by atoms with van der Waals surface area (Å²) in [5, 5.41) is 3.54. The van der Waals surface area contributed by atoms with E-state index in [2.05, 4.69) is 19.2 Å². The maximum absolute atomic E-state index is 5.42. The zero-order valence-corrected chi connectivity index (χ0v) is 19.0. The van der Waals surface area contributed by atoms with Crippen molar-refractivity contribution in [2.24, 2.45) is 0 Å². The first-order valence-electron chi connectivity index (χ1n) is 8.86. The lowest BCUT2D eigenvalue weighted by molar-refractivity contribution is -0.131. The van der Waals surface area contributed by atoms with Crippen molar-refractivity contribution in [1.82, 2.24) is 5.32 Å². The molecule has 1 N–H and O–H groups in total. The first kappa shape index (κ1) is 23.2. The third-order valence-electron chi connectivity index (χ3n) is 4.70. The summed E-state index contributed by atoms with van der Waals surface area (Å²) in [6.45, 7) is 6.35. The van der Waals surface area contributed by atoms with Gasteiger partial charge in [-0.15, -0.1) is 0 Å². The number of hydrogen-bond donors (Lipinski definition) is 1. The van der Waals surface area contributed by atoms with Crippen LogP contribution >= 0.6 is 0 Å². The van der Waals surface area contributed by atoms with Crippen molar-refractivity contribution in [2.45, 2.75) is 62.4 Å². The van der Waals surface area contributed by atoms with Gasteiger partial charge in [0.15, 0.2) is 0 Å². The van der Waals surface area contributed by atoms with E-state index in [1.165, 1.54) is 37.8 Å². The van der Waals surface area contributed by atoms with Crippen LogP contribution in [0.4, 0.5) is 0 Å². The van der Waals surface area contributed by atoms with Crippen molar-refractivity contribution >= 4 is 19.0 Å². The summed E-state index contributed by atoms with van der Waals surface area (Å²) in [5.74, 6) is 0. The van der Waals surface area contributed by atoms with Gasteiger partial charge in [0.2, 0.25) is 0 Å². The molecule has 0 aliphatic heterocycles. The minimum Gasteiger partial charge on any atom is -0.358 e. The maximum Gasteiger partial charge on any atom is 0.141 e. The van der Waals surface area contributed by atoms with Crippen LogP contribution in [-0.2, 0) is 18.9 Å². The van der Waals surface area contributed by atoms with Gasteiger partial charge in [0.05, 0.1) is 19.0 Å². The molecule has 0 aliphatic rings. The van der Waals surface area contributed by atoms with E-state index in [-0.39, 0.29) is 29.9 Å². The molecule has 0 saturated heterocycles. The van der Waals surface area contributed by atoms with Crippen LogP contribution in [0.3, 0.4) is 0 Å². The van der Waals surface area contributed by atoms with Crippen molar-refractivity contribution in [1.29, 1.82) is 0 Å². The summed E-state index contributed by atoms with van der Waals surface area (Å²) in [5.41, 5.74) is -0.563. The third-order valence-corrected chi connectivity index (χ3v) is 9.37. The molecule has 0 rings (SSSR count). The van der Waals surface area contributed by atoms with Crippen LogP contribution in [0, 0.1) is 0 Å². The summed E-state index contributed by atoms with van der Waals surface area (Å²) in [7, 11) is 6.29. The molecule has 0 saturated carbocycles. The Bertz CT molecular complexity index is 249. The zero-order valence-electron chi connectivity index (χ0n) is 16.2. The van der Waals surface area contributed by atoms with E-state index in [9.17, 15) is 0 Å². The topological polar surface area (TPSA) is 49.0 Å². The number of hydrogen-bond acceptors (Lipinski definition) is 5. The van der Waals surface area contributed by atoms with Gasteiger partial charge in [-0.2, -0.15) is 0 Å². The highest BCUT2D eigenvalue weighted by atomic mass is 28.2. The molecule has 0 heterocycles. The molecule has 0 amide bonds. The van der Waals surface area contributed by atoms with Gasteiger partial charge in [0, 0.05) is 28.4 Å². The molecule has 0 aromatic rings. The Kier molecular flexibility index (Phi) is 13.7. The highest BCUT2D eigenvalue weighted by Crippen LogP contribution is 2.12. The van der Waals surface area contributed by atoms with E-state index in [0.29, 0.717) is 0 Å². The van der Waals surface area contributed by atoms with Crippen LogP contribution in [0.25, 0.3) is 0 Å². The second-order valence-corrected chi connectivity index (χ2v) is 11.4. The van der Waals surface area contributed by atoms with Crippen molar-refractivity contribution in [2.75, 3.05) is 41.5 Å². The van der Waals surface area contributed by atoms with Gasteiger partial charge in [0.1, 0.15) is 10.8 Å². The molecule has 7 heteroatoms. The molecule has 0 atom stereocenters. The Labute approximate surface area is 147 Å². The van der Waals surface area contributed by atoms with Crippen molar-refractivity contribution in [3.8, 4) is 0 Å². The summed E-state index contributed by atoms with van der Waals surface area (Å²) >= 11 is 0. The molecular formula is C16H39NO4Si2. The van der Waals surface area contributed by atoms with E-state index in [0.717, 1.165) is 13.1 Å². The third kappa shape index (κ3) is 11.4. The smallest absolute Gasteiger partial charge is 0.141 e. The van der Waals surface area contributed by atoms with Crippen molar-refractivity contribution < 1.29 is 18.9 Å². The van der Waals surface area contributed by atoms with E-state index in [4.69, 9.17) is 18.9 Å². The minimum absolute atomic E-state index is 0.282. The fourth-order valence-corrected chi connectivity index (χ4v) is 5.75. The van der Waals surface area contributed by atoms with Crippen molar-refractivity contribution in [3.63, 3.8) is 0 Å². The van der Waals surface area contributed by atoms with Gasteiger partial charge in [-0.25, -0.2) is 0 Å². The quantitative estimate of drug-likeness (QED) is 0.253. The fourth-order valence-electron chi connectivity index (χ4n) is 2.45. The van der Waals surface area contributed by atoms with E-state index >= 15 is 0 Å². The molecule has 0 aliphatic carbocycles. The van der Waals surface area contributed by atoms with Crippen molar-refractivity contribution in [3.05, 3.63) is 0 Å². The number of rotatable bonds is 16. The Morgan fingerprint density at radius 3 is 1.30 bits per heavy atom. The number of unbranched alkanes of at least 4 members (excludes halogenated alkanes) is 2. The molecule has 0 fully saturated rings. The van der Waals surface area contributed by atoms with E-state index in [1.54, 1.807) is 28.4 Å². The largest absolute Gasteiger partial charge is 0.358 e. The molecule has 0 bridgehead atoms. The maximum atomic E-state index is 5.42. The van der Waals surface area contributed by atoms with Crippen LogP contribution in [-0.4, -0.2) is 71.4 Å². The number of ether oxygens (including phenoxy) is 4. The first-order valence-corrected chi connectivity index (χ1v) is 12.3. The van der Waals surface area contributed by atoms with Crippen LogP contribution in [0.1, 0.15) is 39.5 Å². The van der Waals surface area contributed by atoms with Crippen LogP contribution < -0.4 is 5.32 Å². The predicted octanol–water partition coefficient (Wildman–Crippen LogP) is 1.24. The summed E-state index contributed by atoms with van der Waals surface area (Å²) < 4.78 is 21.7. The average Bonchev–Trinajstić information content (AvgIpc) is 2.59. The minimum atomic E-state index is -0.332. The second kappa shape index (κ2) is 13.5. The van der Waals surface area contributed by atoms with Gasteiger partial charge in [0.25, 0.3) is 0 Å². The average molecular weight is 366 g/mol. The molecule has 0 aromatic heterocycles. The first-order chi connectivity index (χ1) is 10.9. The molecular weight excluding hydrogens is 326 g/mol. The lowest BCUT2D eigenvalue weighted by Gasteiger charge is -2.26. The molecule has 140 valence electrons. The van der Waals surface area contributed by atoms with Gasteiger partial charge in [-0.1, -0.05) is 24.9 Å². The molecule has 0 unspecified atom stereocenters. The normalized spacial score (nSPS) is 13.8. The SMILES string of the molecule is COC(C)(OC)[SiH2]CCCCNCCCC[SiH2]C(C)(OC)OC. The standard InChI is InChI=1S/C16H39NO4Si2/c1-15(18-3,19-4)22-13-9-7-11-17-12-8-10-14-23-16(2,20-5)21-6/h17H,7-14,22-23H2,1-6H3. The monoisotopic (exact) mass is 365 g/mol. The van der Waals surface area contributed by atoms with Crippen LogP contribution in [0.5, 0.6) is 0 Å². The Morgan fingerprint density at radius 1 is 0.652 bits per heavy atom. The van der Waals surface area contributed by atoms with Crippen LogP contribution in [0.2, 0.25) is 12.1 Å². The van der Waals surface area contributed by atoms with Gasteiger partial charge < -0.3 is 24.3 Å². The molecule has 0 aromatic carbocycles. The molecule has 5 nitrogen and oxygen atoms in total. The molecule has 23 heavy (non-hydrogen) atoms. The summed E-state index contributed by atoms with van der Waals surface area (Å²) in [6, 6.07) is 2.55. The Morgan fingerprint density at radius 2 is 1.00 bits per heavy atom. The highest BCUT2D eigenvalue weighted by Gasteiger charge is 2.22. The predicted molar refractivity (Wildman–Crippen MR) is 103 cm³/mol. The number of nitrogens with one attached hydrogen (secondary N) is 1. The van der Waals surface area contributed by atoms with Gasteiger partial charge >= 0.3 is 0 Å². The second-order valence-electron chi connectivity index (χ2n) is 6.46. The summed E-state index contributed by atoms with van der Waals surface area (Å²) in [4.78, 5) is 0. The summed E-state index contributed by atoms with van der Waals surface area (Å²) in [6.07, 6.45) is 5.04.